The van der Waals surface area contributed by atoms with Crippen LogP contribution in [0.2, 0.25) is 0 Å². The topological polar surface area (TPSA) is 72.6 Å². The molecule has 0 aromatic carbocycles. The Hall–Kier alpha value is -0.610. The molecule has 106 valence electrons. The van der Waals surface area contributed by atoms with Gasteiger partial charge in [0.1, 0.15) is 6.04 Å². The third-order valence-electron chi connectivity index (χ3n) is 3.71. The zero-order chi connectivity index (χ0) is 13.5. The Morgan fingerprint density at radius 1 is 1.28 bits per heavy atom. The second-order valence-electron chi connectivity index (χ2n) is 5.94. The molecule has 0 amide bonds. The molecule has 1 rings (SSSR count). The van der Waals surface area contributed by atoms with Crippen molar-refractivity contribution in [2.24, 2.45) is 23.5 Å². The summed E-state index contributed by atoms with van der Waals surface area (Å²) in [5.74, 6) is 1.03. The van der Waals surface area contributed by atoms with Crippen LogP contribution in [0, 0.1) is 17.8 Å². The lowest BCUT2D eigenvalue weighted by atomic mass is 9.83. The van der Waals surface area contributed by atoms with E-state index in [-0.39, 0.29) is 12.6 Å². The molecule has 1 saturated carbocycles. The van der Waals surface area contributed by atoms with Gasteiger partial charge in [0, 0.05) is 6.61 Å². The molecule has 0 saturated heterocycles. The Kier molecular flexibility index (Phi) is 6.65. The third-order valence-corrected chi connectivity index (χ3v) is 3.71. The lowest BCUT2D eigenvalue weighted by Gasteiger charge is -2.27. The first kappa shape index (κ1) is 15.4. The van der Waals surface area contributed by atoms with E-state index in [0.29, 0.717) is 30.8 Å². The van der Waals surface area contributed by atoms with E-state index in [1.807, 2.05) is 13.8 Å². The number of ether oxygens (including phenoxy) is 1. The average Bonchev–Trinajstić information content (AvgIpc) is 2.35. The van der Waals surface area contributed by atoms with Crippen LogP contribution in [0.5, 0.6) is 0 Å². The highest BCUT2D eigenvalue weighted by Gasteiger charge is 2.23. The van der Waals surface area contributed by atoms with E-state index in [1.165, 1.54) is 0 Å². The van der Waals surface area contributed by atoms with Crippen molar-refractivity contribution >= 4 is 5.97 Å². The number of aliphatic hydroxyl groups excluding tert-OH is 1. The number of hydrogen-bond donors (Lipinski definition) is 2. The Bertz CT molecular complexity index is 247. The Morgan fingerprint density at radius 2 is 1.83 bits per heavy atom. The summed E-state index contributed by atoms with van der Waals surface area (Å²) in [6, 6.07) is -0.487. The summed E-state index contributed by atoms with van der Waals surface area (Å²) < 4.78 is 5.29. The number of aliphatic hydroxyl groups is 1. The van der Waals surface area contributed by atoms with Gasteiger partial charge in [0.05, 0.1) is 6.61 Å². The fraction of sp³-hybridized carbons (Fsp3) is 0.929. The predicted molar refractivity (Wildman–Crippen MR) is 70.9 cm³/mol. The molecule has 0 bridgehead atoms. The van der Waals surface area contributed by atoms with Gasteiger partial charge in [0.15, 0.2) is 0 Å². The molecule has 4 nitrogen and oxygen atoms in total. The summed E-state index contributed by atoms with van der Waals surface area (Å²) in [6.45, 7) is 4.86. The van der Waals surface area contributed by atoms with E-state index in [0.717, 1.165) is 25.7 Å². The SMILES string of the molecule is CC(C)CC(N)C(=O)OCC1CCC(CO)CC1. The van der Waals surface area contributed by atoms with Crippen molar-refractivity contribution < 1.29 is 14.6 Å². The summed E-state index contributed by atoms with van der Waals surface area (Å²) in [4.78, 5) is 11.7. The molecule has 1 unspecified atom stereocenters. The largest absolute Gasteiger partial charge is 0.464 e. The molecule has 1 aliphatic rings. The molecule has 0 heterocycles. The van der Waals surface area contributed by atoms with Gasteiger partial charge in [0.2, 0.25) is 0 Å². The minimum Gasteiger partial charge on any atom is -0.464 e. The van der Waals surface area contributed by atoms with Crippen molar-refractivity contribution in [3.8, 4) is 0 Å². The molecular formula is C14H27NO3. The molecule has 18 heavy (non-hydrogen) atoms. The lowest BCUT2D eigenvalue weighted by molar-refractivity contribution is -0.147. The first-order chi connectivity index (χ1) is 8.52. The summed E-state index contributed by atoms with van der Waals surface area (Å²) in [5.41, 5.74) is 5.77. The number of hydrogen-bond acceptors (Lipinski definition) is 4. The van der Waals surface area contributed by atoms with Crippen LogP contribution in [0.15, 0.2) is 0 Å². The highest BCUT2D eigenvalue weighted by atomic mass is 16.5. The van der Waals surface area contributed by atoms with Crippen LogP contribution in [0.3, 0.4) is 0 Å². The number of rotatable bonds is 6. The van der Waals surface area contributed by atoms with E-state index >= 15 is 0 Å². The molecular weight excluding hydrogens is 230 g/mol. The zero-order valence-corrected chi connectivity index (χ0v) is 11.6. The molecule has 0 radical (unpaired) electrons. The fourth-order valence-corrected chi connectivity index (χ4v) is 2.49. The quantitative estimate of drug-likeness (QED) is 0.710. The smallest absolute Gasteiger partial charge is 0.322 e. The molecule has 0 aromatic heterocycles. The maximum absolute atomic E-state index is 11.7. The minimum atomic E-state index is -0.487. The Labute approximate surface area is 110 Å². The van der Waals surface area contributed by atoms with Crippen molar-refractivity contribution in [3.05, 3.63) is 0 Å². The van der Waals surface area contributed by atoms with Gasteiger partial charge < -0.3 is 15.6 Å². The molecule has 3 N–H and O–H groups in total. The van der Waals surface area contributed by atoms with E-state index < -0.39 is 6.04 Å². The highest BCUT2D eigenvalue weighted by Crippen LogP contribution is 2.28. The molecule has 0 aromatic rings. The van der Waals surface area contributed by atoms with E-state index in [4.69, 9.17) is 15.6 Å². The van der Waals surface area contributed by atoms with Crippen LogP contribution in [0.4, 0.5) is 0 Å². The fourth-order valence-electron chi connectivity index (χ4n) is 2.49. The molecule has 0 aliphatic heterocycles. The van der Waals surface area contributed by atoms with Gasteiger partial charge >= 0.3 is 5.97 Å². The van der Waals surface area contributed by atoms with Crippen molar-refractivity contribution in [1.82, 2.24) is 0 Å². The van der Waals surface area contributed by atoms with Gasteiger partial charge in [-0.2, -0.15) is 0 Å². The monoisotopic (exact) mass is 257 g/mol. The number of carbonyl (C=O) groups is 1. The van der Waals surface area contributed by atoms with Gasteiger partial charge in [-0.3, -0.25) is 4.79 Å². The van der Waals surface area contributed by atoms with Crippen molar-refractivity contribution in [1.29, 1.82) is 0 Å². The Balaban J connectivity index is 2.19. The first-order valence-corrected chi connectivity index (χ1v) is 7.06. The lowest BCUT2D eigenvalue weighted by Crippen LogP contribution is -2.35. The van der Waals surface area contributed by atoms with E-state index in [2.05, 4.69) is 0 Å². The molecule has 1 atom stereocenters. The van der Waals surface area contributed by atoms with Crippen LogP contribution < -0.4 is 5.73 Å². The molecule has 1 aliphatic carbocycles. The number of carbonyl (C=O) groups excluding carboxylic acids is 1. The standard InChI is InChI=1S/C14H27NO3/c1-10(2)7-13(15)14(17)18-9-12-5-3-11(8-16)4-6-12/h10-13,16H,3-9,15H2,1-2H3. The maximum Gasteiger partial charge on any atom is 0.322 e. The van der Waals surface area contributed by atoms with Gasteiger partial charge in [-0.1, -0.05) is 13.8 Å². The molecule has 1 fully saturated rings. The first-order valence-electron chi connectivity index (χ1n) is 7.06. The van der Waals surface area contributed by atoms with Gasteiger partial charge in [-0.25, -0.2) is 0 Å². The zero-order valence-electron chi connectivity index (χ0n) is 11.6. The van der Waals surface area contributed by atoms with E-state index in [9.17, 15) is 4.79 Å². The maximum atomic E-state index is 11.7. The van der Waals surface area contributed by atoms with Crippen LogP contribution in [0.1, 0.15) is 46.0 Å². The van der Waals surface area contributed by atoms with E-state index in [1.54, 1.807) is 0 Å². The normalized spacial score (nSPS) is 26.1. The van der Waals surface area contributed by atoms with Crippen LogP contribution in [-0.2, 0) is 9.53 Å². The minimum absolute atomic E-state index is 0.270. The van der Waals surface area contributed by atoms with Crippen molar-refractivity contribution in [2.45, 2.75) is 52.0 Å². The summed E-state index contributed by atoms with van der Waals surface area (Å²) in [6.07, 6.45) is 4.83. The average molecular weight is 257 g/mol. The third kappa shape index (κ3) is 5.36. The number of esters is 1. The van der Waals surface area contributed by atoms with Crippen LogP contribution in [0.25, 0.3) is 0 Å². The van der Waals surface area contributed by atoms with Gasteiger partial charge in [-0.05, 0) is 49.9 Å². The Morgan fingerprint density at radius 3 is 2.33 bits per heavy atom. The van der Waals surface area contributed by atoms with Crippen molar-refractivity contribution in [3.63, 3.8) is 0 Å². The summed E-state index contributed by atoms with van der Waals surface area (Å²) in [7, 11) is 0. The van der Waals surface area contributed by atoms with Gasteiger partial charge in [-0.15, -0.1) is 0 Å². The second-order valence-corrected chi connectivity index (χ2v) is 5.94. The predicted octanol–water partition coefficient (Wildman–Crippen LogP) is 1.70. The molecule has 0 spiro atoms. The summed E-state index contributed by atoms with van der Waals surface area (Å²) in [5, 5.41) is 9.05. The van der Waals surface area contributed by atoms with Crippen molar-refractivity contribution in [2.75, 3.05) is 13.2 Å². The van der Waals surface area contributed by atoms with Crippen LogP contribution >= 0.6 is 0 Å². The number of nitrogens with two attached hydrogens (primary N) is 1. The van der Waals surface area contributed by atoms with Gasteiger partial charge in [0.25, 0.3) is 0 Å². The molecule has 4 heteroatoms. The summed E-state index contributed by atoms with van der Waals surface area (Å²) >= 11 is 0. The van der Waals surface area contributed by atoms with Crippen LogP contribution in [-0.4, -0.2) is 30.3 Å². The highest BCUT2D eigenvalue weighted by molar-refractivity contribution is 5.75. The second kappa shape index (κ2) is 7.74.